The normalized spacial score (nSPS) is 12.3. The molecule has 3 nitrogen and oxygen atoms in total. The van der Waals surface area contributed by atoms with Gasteiger partial charge in [0, 0.05) is 11.6 Å². The van der Waals surface area contributed by atoms with Crippen molar-refractivity contribution < 1.29 is 9.53 Å². The van der Waals surface area contributed by atoms with Gasteiger partial charge in [-0.1, -0.05) is 19.1 Å². The molecule has 0 aliphatic carbocycles. The molecule has 3 heteroatoms. The summed E-state index contributed by atoms with van der Waals surface area (Å²) in [6, 6.07) is 6.47. The molecule has 0 aromatic heterocycles. The molecule has 0 N–H and O–H groups in total. The van der Waals surface area contributed by atoms with Crippen LogP contribution in [0.25, 0.3) is 0 Å². The summed E-state index contributed by atoms with van der Waals surface area (Å²) in [6.45, 7) is 10.3. The lowest BCUT2D eigenvalue weighted by atomic mass is 10.1. The summed E-state index contributed by atoms with van der Waals surface area (Å²) in [7, 11) is 4.09. The summed E-state index contributed by atoms with van der Waals surface area (Å²) in [5.41, 5.74) is 3.24. The van der Waals surface area contributed by atoms with Crippen LogP contribution in [0.4, 0.5) is 5.69 Å². The van der Waals surface area contributed by atoms with E-state index < -0.39 is 5.60 Å². The minimum Gasteiger partial charge on any atom is -0.456 e. The van der Waals surface area contributed by atoms with E-state index in [0.29, 0.717) is 11.0 Å². The van der Waals surface area contributed by atoms with Gasteiger partial charge in [-0.3, -0.25) is 4.48 Å². The van der Waals surface area contributed by atoms with Gasteiger partial charge in [-0.2, -0.15) is 0 Å². The molecule has 0 heterocycles. The average Bonchev–Trinajstić information content (AvgIpc) is 2.25. The molecule has 0 amide bonds. The molecule has 0 spiro atoms. The third-order valence-corrected chi connectivity index (χ3v) is 3.28. The van der Waals surface area contributed by atoms with Crippen LogP contribution in [-0.2, 0) is 16.0 Å². The Morgan fingerprint density at radius 1 is 1.25 bits per heavy atom. The van der Waals surface area contributed by atoms with Gasteiger partial charge in [0.05, 0.1) is 14.1 Å². The summed E-state index contributed by atoms with van der Waals surface area (Å²) < 4.78 is 5.95. The van der Waals surface area contributed by atoms with Gasteiger partial charge in [0.25, 0.3) is 0 Å². The maximum atomic E-state index is 12.1. The molecule has 1 rings (SSSR count). The molecule has 0 bridgehead atoms. The highest BCUT2D eigenvalue weighted by atomic mass is 16.6. The summed E-state index contributed by atoms with van der Waals surface area (Å²) >= 11 is 0. The predicted octanol–water partition coefficient (Wildman–Crippen LogP) is 3.47. The van der Waals surface area contributed by atoms with E-state index >= 15 is 0 Å². The minimum absolute atomic E-state index is 0.163. The molecular weight excluding hydrogens is 250 g/mol. The molecule has 1 aromatic rings. The predicted molar refractivity (Wildman–Crippen MR) is 84.9 cm³/mol. The Morgan fingerprint density at radius 3 is 2.35 bits per heavy atom. The Bertz CT molecular complexity index is 484. The lowest BCUT2D eigenvalue weighted by Crippen LogP contribution is -2.47. The van der Waals surface area contributed by atoms with Crippen LogP contribution in [0.2, 0.25) is 0 Å². The highest BCUT2D eigenvalue weighted by Crippen LogP contribution is 2.26. The topological polar surface area (TPSA) is 26.3 Å². The smallest absolute Gasteiger partial charge is 0.362 e. The second kappa shape index (κ2) is 5.96. The molecule has 0 saturated heterocycles. The van der Waals surface area contributed by atoms with Crippen LogP contribution in [0.1, 0.15) is 38.8 Å². The Labute approximate surface area is 123 Å². The molecule has 0 aliphatic heterocycles. The Morgan fingerprint density at radius 2 is 1.85 bits per heavy atom. The third-order valence-electron chi connectivity index (χ3n) is 3.28. The minimum atomic E-state index is -0.433. The number of carbonyl (C=O) groups excluding carboxylic acids is 1. The summed E-state index contributed by atoms with van der Waals surface area (Å²) in [4.78, 5) is 12.1. The zero-order valence-corrected chi connectivity index (χ0v) is 13.9. The number of hydrogen-bond donors (Lipinski definition) is 0. The Kier molecular flexibility index (Phi) is 4.98. The van der Waals surface area contributed by atoms with Gasteiger partial charge in [0.2, 0.25) is 0 Å². The molecule has 20 heavy (non-hydrogen) atoms. The van der Waals surface area contributed by atoms with Crippen LogP contribution in [0, 0.1) is 6.92 Å². The van der Waals surface area contributed by atoms with Crippen LogP contribution in [0.3, 0.4) is 0 Å². The number of nitrogens with zero attached hydrogens (tertiary/aromatic N) is 1. The first kappa shape index (κ1) is 16.7. The zero-order chi connectivity index (χ0) is 15.6. The summed E-state index contributed by atoms with van der Waals surface area (Å²) in [5.74, 6) is -0.163. The molecule has 0 atom stereocenters. The van der Waals surface area contributed by atoms with E-state index in [0.717, 1.165) is 6.42 Å². The van der Waals surface area contributed by atoms with Crippen LogP contribution in [0.15, 0.2) is 18.2 Å². The Hall–Kier alpha value is -1.35. The van der Waals surface area contributed by atoms with Crippen molar-refractivity contribution in [3.63, 3.8) is 0 Å². The van der Waals surface area contributed by atoms with Crippen LogP contribution in [-0.4, -0.2) is 32.2 Å². The number of hydrogen-bond acceptors (Lipinski definition) is 2. The van der Waals surface area contributed by atoms with E-state index in [9.17, 15) is 4.79 Å². The molecule has 0 aliphatic rings. The highest BCUT2D eigenvalue weighted by molar-refractivity contribution is 5.75. The number of rotatable bonds is 4. The molecule has 1 aromatic carbocycles. The van der Waals surface area contributed by atoms with Gasteiger partial charge in [-0.25, -0.2) is 4.79 Å². The van der Waals surface area contributed by atoms with E-state index in [1.165, 1.54) is 16.8 Å². The van der Waals surface area contributed by atoms with Crippen LogP contribution < -0.4 is 4.48 Å². The van der Waals surface area contributed by atoms with Gasteiger partial charge in [-0.15, -0.1) is 0 Å². The number of quaternary nitrogens is 1. The fourth-order valence-electron chi connectivity index (χ4n) is 2.31. The van der Waals surface area contributed by atoms with E-state index in [4.69, 9.17) is 4.74 Å². The fourth-order valence-corrected chi connectivity index (χ4v) is 2.31. The monoisotopic (exact) mass is 278 g/mol. The first-order chi connectivity index (χ1) is 9.05. The number of aryl methyl sites for hydroxylation is 2. The van der Waals surface area contributed by atoms with Crippen molar-refractivity contribution in [1.82, 2.24) is 4.48 Å². The number of ether oxygens (including phenoxy) is 1. The van der Waals surface area contributed by atoms with E-state index in [2.05, 4.69) is 32.0 Å². The highest BCUT2D eigenvalue weighted by Gasteiger charge is 2.28. The number of benzene rings is 1. The maximum Gasteiger partial charge on any atom is 0.362 e. The van der Waals surface area contributed by atoms with Crippen LogP contribution >= 0.6 is 0 Å². The van der Waals surface area contributed by atoms with Crippen molar-refractivity contribution in [2.75, 3.05) is 20.6 Å². The van der Waals surface area contributed by atoms with Crippen molar-refractivity contribution in [1.29, 1.82) is 0 Å². The van der Waals surface area contributed by atoms with Crippen molar-refractivity contribution in [2.45, 2.75) is 46.6 Å². The van der Waals surface area contributed by atoms with Gasteiger partial charge >= 0.3 is 5.97 Å². The Balaban J connectivity index is 2.96. The quantitative estimate of drug-likeness (QED) is 0.623. The average molecular weight is 278 g/mol. The van der Waals surface area contributed by atoms with E-state index in [1.54, 1.807) is 0 Å². The van der Waals surface area contributed by atoms with Crippen molar-refractivity contribution in [3.8, 4) is 0 Å². The summed E-state index contributed by atoms with van der Waals surface area (Å²) in [5, 5.41) is 0. The lowest BCUT2D eigenvalue weighted by Gasteiger charge is -2.31. The van der Waals surface area contributed by atoms with Crippen molar-refractivity contribution in [3.05, 3.63) is 29.3 Å². The van der Waals surface area contributed by atoms with Gasteiger partial charge in [0.15, 0.2) is 6.54 Å². The maximum absolute atomic E-state index is 12.1. The molecule has 0 unspecified atom stereocenters. The van der Waals surface area contributed by atoms with Crippen molar-refractivity contribution >= 4 is 11.7 Å². The summed E-state index contributed by atoms with van der Waals surface area (Å²) in [6.07, 6.45) is 1.000. The fraction of sp³-hybridized carbons (Fsp3) is 0.588. The van der Waals surface area contributed by atoms with E-state index in [1.807, 2.05) is 34.9 Å². The first-order valence-corrected chi connectivity index (χ1v) is 7.20. The van der Waals surface area contributed by atoms with Crippen molar-refractivity contribution in [2.24, 2.45) is 0 Å². The van der Waals surface area contributed by atoms with Gasteiger partial charge in [-0.05, 0) is 39.7 Å². The number of carbonyl (C=O) groups is 1. The second-order valence-electron chi connectivity index (χ2n) is 6.90. The van der Waals surface area contributed by atoms with E-state index in [-0.39, 0.29) is 5.97 Å². The zero-order valence-electron chi connectivity index (χ0n) is 13.9. The SMILES string of the molecule is CCc1ccc(C)c([N+](C)(C)CC(=O)OC(C)(C)C)c1. The number of likely N-dealkylation sites (N-methyl/N-ethyl adjacent to an activating group) is 1. The van der Waals surface area contributed by atoms with Gasteiger partial charge in [0.1, 0.15) is 11.3 Å². The number of esters is 1. The molecule has 112 valence electrons. The molecule has 0 saturated carbocycles. The van der Waals surface area contributed by atoms with Gasteiger partial charge < -0.3 is 4.74 Å². The molecular formula is C17H28NO2+. The molecule has 0 radical (unpaired) electrons. The second-order valence-corrected chi connectivity index (χ2v) is 6.90. The third kappa shape index (κ3) is 4.64. The first-order valence-electron chi connectivity index (χ1n) is 7.20. The lowest BCUT2D eigenvalue weighted by molar-refractivity contribution is -0.155. The largest absolute Gasteiger partial charge is 0.456 e. The molecule has 0 fully saturated rings. The standard InChI is InChI=1S/C17H28NO2/c1-8-14-10-9-13(2)15(11-14)18(6,7)12-16(19)20-17(3,4)5/h9-11H,8,12H2,1-7H3/q+1. The van der Waals surface area contributed by atoms with Crippen LogP contribution in [0.5, 0.6) is 0 Å².